The lowest BCUT2D eigenvalue weighted by Gasteiger charge is -2.12. The second kappa shape index (κ2) is 5.91. The van der Waals surface area contributed by atoms with E-state index in [1.807, 2.05) is 0 Å². The number of hydrogen-bond donors (Lipinski definition) is 0. The second-order valence-electron chi connectivity index (χ2n) is 5.04. The zero-order valence-electron chi connectivity index (χ0n) is 10.6. The van der Waals surface area contributed by atoms with E-state index in [1.165, 1.54) is 12.1 Å². The summed E-state index contributed by atoms with van der Waals surface area (Å²) in [5.74, 6) is -0.543. The van der Waals surface area contributed by atoms with Gasteiger partial charge in [0.1, 0.15) is 11.6 Å². The molecular weight excluding hydrogens is 249 g/mol. The van der Waals surface area contributed by atoms with Gasteiger partial charge in [0.2, 0.25) is 0 Å². The summed E-state index contributed by atoms with van der Waals surface area (Å²) < 4.78 is 13.3. The molecule has 0 bridgehead atoms. The molecule has 1 unspecified atom stereocenters. The van der Waals surface area contributed by atoms with Crippen LogP contribution in [0.1, 0.15) is 37.7 Å². The van der Waals surface area contributed by atoms with Crippen molar-refractivity contribution in [3.63, 3.8) is 0 Å². The number of rotatable bonds is 3. The lowest BCUT2D eigenvalue weighted by molar-refractivity contribution is -0.385. The lowest BCUT2D eigenvalue weighted by atomic mass is 9.91. The van der Waals surface area contributed by atoms with E-state index in [-0.39, 0.29) is 17.4 Å². The van der Waals surface area contributed by atoms with Gasteiger partial charge in [-0.3, -0.25) is 14.9 Å². The Balaban J connectivity index is 2.17. The van der Waals surface area contributed by atoms with E-state index in [4.69, 9.17) is 0 Å². The molecule has 0 amide bonds. The van der Waals surface area contributed by atoms with Crippen molar-refractivity contribution in [3.05, 3.63) is 39.7 Å². The van der Waals surface area contributed by atoms with Crippen LogP contribution < -0.4 is 0 Å². The Morgan fingerprint density at radius 3 is 2.79 bits per heavy atom. The molecule has 1 aliphatic rings. The molecule has 1 fully saturated rings. The number of hydrogen-bond acceptors (Lipinski definition) is 3. The van der Waals surface area contributed by atoms with Crippen LogP contribution in [0.5, 0.6) is 0 Å². The molecule has 1 atom stereocenters. The first-order valence-electron chi connectivity index (χ1n) is 6.53. The number of nitrogens with zero attached hydrogens (tertiary/aromatic N) is 1. The zero-order chi connectivity index (χ0) is 13.8. The standard InChI is InChI=1S/C14H16FNO3/c15-12-7-10(8-13(9-12)16(18)19)6-11-4-2-1-3-5-14(11)17/h7-9,11H,1-6H2. The van der Waals surface area contributed by atoms with E-state index in [0.29, 0.717) is 18.4 Å². The molecule has 0 aromatic heterocycles. The van der Waals surface area contributed by atoms with Crippen LogP contribution in [0, 0.1) is 21.8 Å². The molecule has 1 aromatic rings. The van der Waals surface area contributed by atoms with E-state index in [1.54, 1.807) is 0 Å². The van der Waals surface area contributed by atoms with Crippen LogP contribution in [0.15, 0.2) is 18.2 Å². The van der Waals surface area contributed by atoms with Crippen LogP contribution >= 0.6 is 0 Å². The molecule has 1 saturated carbocycles. The van der Waals surface area contributed by atoms with Crippen molar-refractivity contribution in [2.45, 2.75) is 38.5 Å². The molecule has 0 spiro atoms. The van der Waals surface area contributed by atoms with E-state index < -0.39 is 10.7 Å². The molecule has 102 valence electrons. The molecule has 2 rings (SSSR count). The number of Topliss-reactive ketones (excluding diaryl/α,β-unsaturated/α-hetero) is 1. The smallest absolute Gasteiger partial charge is 0.272 e. The van der Waals surface area contributed by atoms with Crippen molar-refractivity contribution >= 4 is 11.5 Å². The summed E-state index contributed by atoms with van der Waals surface area (Å²) in [5.41, 5.74) is 0.281. The fraction of sp³-hybridized carbons (Fsp3) is 0.500. The van der Waals surface area contributed by atoms with Crippen LogP contribution in [-0.2, 0) is 11.2 Å². The topological polar surface area (TPSA) is 60.2 Å². The van der Waals surface area contributed by atoms with Gasteiger partial charge < -0.3 is 0 Å². The summed E-state index contributed by atoms with van der Waals surface area (Å²) in [7, 11) is 0. The SMILES string of the molecule is O=C1CCCCCC1Cc1cc(F)cc([N+](=O)[O-])c1. The predicted molar refractivity (Wildman–Crippen MR) is 68.3 cm³/mol. The maximum absolute atomic E-state index is 13.3. The summed E-state index contributed by atoms with van der Waals surface area (Å²) in [6, 6.07) is 3.55. The van der Waals surface area contributed by atoms with Crippen molar-refractivity contribution in [2.75, 3.05) is 0 Å². The maximum Gasteiger partial charge on any atom is 0.272 e. The van der Waals surface area contributed by atoms with E-state index in [9.17, 15) is 19.3 Å². The van der Waals surface area contributed by atoms with Gasteiger partial charge in [-0.25, -0.2) is 4.39 Å². The van der Waals surface area contributed by atoms with Gasteiger partial charge in [-0.1, -0.05) is 12.8 Å². The van der Waals surface area contributed by atoms with Gasteiger partial charge in [-0.15, -0.1) is 0 Å². The van der Waals surface area contributed by atoms with Crippen molar-refractivity contribution in [1.82, 2.24) is 0 Å². The fourth-order valence-electron chi connectivity index (χ4n) is 2.59. The van der Waals surface area contributed by atoms with Crippen molar-refractivity contribution in [1.29, 1.82) is 0 Å². The summed E-state index contributed by atoms with van der Waals surface area (Å²) >= 11 is 0. The Bertz CT molecular complexity index is 501. The molecule has 1 aromatic carbocycles. The molecule has 1 aliphatic carbocycles. The number of nitro groups is 1. The first-order valence-corrected chi connectivity index (χ1v) is 6.53. The first kappa shape index (κ1) is 13.6. The molecule has 0 saturated heterocycles. The van der Waals surface area contributed by atoms with Gasteiger partial charge in [0.15, 0.2) is 0 Å². The Morgan fingerprint density at radius 1 is 1.26 bits per heavy atom. The summed E-state index contributed by atoms with van der Waals surface area (Å²) in [4.78, 5) is 22.0. The number of carbonyl (C=O) groups excluding carboxylic acids is 1. The summed E-state index contributed by atoms with van der Waals surface area (Å²) in [6.45, 7) is 0. The van der Waals surface area contributed by atoms with Gasteiger partial charge in [0.25, 0.3) is 5.69 Å². The normalized spacial score (nSPS) is 20.1. The number of halogens is 1. The van der Waals surface area contributed by atoms with Crippen molar-refractivity contribution in [2.24, 2.45) is 5.92 Å². The average molecular weight is 265 g/mol. The van der Waals surface area contributed by atoms with E-state index in [2.05, 4.69) is 0 Å². The van der Waals surface area contributed by atoms with Crippen LogP contribution in [0.4, 0.5) is 10.1 Å². The largest absolute Gasteiger partial charge is 0.299 e. The number of benzene rings is 1. The fourth-order valence-corrected chi connectivity index (χ4v) is 2.59. The Morgan fingerprint density at radius 2 is 2.05 bits per heavy atom. The van der Waals surface area contributed by atoms with Crippen LogP contribution in [0.3, 0.4) is 0 Å². The molecular formula is C14H16FNO3. The highest BCUT2D eigenvalue weighted by Gasteiger charge is 2.22. The summed E-state index contributed by atoms with van der Waals surface area (Å²) in [5, 5.41) is 10.7. The molecule has 5 heteroatoms. The Labute approximate surface area is 110 Å². The number of carbonyl (C=O) groups is 1. The number of ketones is 1. The van der Waals surface area contributed by atoms with Gasteiger partial charge in [-0.05, 0) is 30.9 Å². The highest BCUT2D eigenvalue weighted by atomic mass is 19.1. The third-order valence-electron chi connectivity index (χ3n) is 3.57. The minimum atomic E-state index is -0.620. The van der Waals surface area contributed by atoms with Crippen molar-refractivity contribution < 1.29 is 14.1 Å². The third-order valence-corrected chi connectivity index (χ3v) is 3.57. The maximum atomic E-state index is 13.3. The molecule has 19 heavy (non-hydrogen) atoms. The van der Waals surface area contributed by atoms with E-state index >= 15 is 0 Å². The Kier molecular flexibility index (Phi) is 4.24. The van der Waals surface area contributed by atoms with Crippen molar-refractivity contribution in [3.8, 4) is 0 Å². The third kappa shape index (κ3) is 3.59. The van der Waals surface area contributed by atoms with Crippen LogP contribution in [-0.4, -0.2) is 10.7 Å². The van der Waals surface area contributed by atoms with E-state index in [0.717, 1.165) is 31.7 Å². The number of nitro benzene ring substituents is 1. The van der Waals surface area contributed by atoms with Crippen LogP contribution in [0.25, 0.3) is 0 Å². The second-order valence-corrected chi connectivity index (χ2v) is 5.04. The molecule has 0 radical (unpaired) electrons. The minimum absolute atomic E-state index is 0.121. The summed E-state index contributed by atoms with van der Waals surface area (Å²) in [6.07, 6.45) is 4.72. The Hall–Kier alpha value is -1.78. The van der Waals surface area contributed by atoms with Gasteiger partial charge >= 0.3 is 0 Å². The van der Waals surface area contributed by atoms with Gasteiger partial charge in [-0.2, -0.15) is 0 Å². The highest BCUT2D eigenvalue weighted by Crippen LogP contribution is 2.25. The molecule has 4 nitrogen and oxygen atoms in total. The van der Waals surface area contributed by atoms with Crippen LogP contribution in [0.2, 0.25) is 0 Å². The predicted octanol–water partition coefficient (Wildman–Crippen LogP) is 3.43. The monoisotopic (exact) mass is 265 g/mol. The molecule has 0 aliphatic heterocycles. The molecule has 0 N–H and O–H groups in total. The van der Waals surface area contributed by atoms with Gasteiger partial charge in [0, 0.05) is 18.4 Å². The highest BCUT2D eigenvalue weighted by molar-refractivity contribution is 5.81. The quantitative estimate of drug-likeness (QED) is 0.478. The minimum Gasteiger partial charge on any atom is -0.299 e. The molecule has 0 heterocycles. The average Bonchev–Trinajstić information content (AvgIpc) is 2.54. The number of non-ortho nitro benzene ring substituents is 1. The van der Waals surface area contributed by atoms with Gasteiger partial charge in [0.05, 0.1) is 11.0 Å². The first-order chi connectivity index (χ1) is 9.06. The zero-order valence-corrected chi connectivity index (χ0v) is 10.6. The lowest BCUT2D eigenvalue weighted by Crippen LogP contribution is -2.15.